The molecule has 54 heavy (non-hydrogen) atoms. The quantitative estimate of drug-likeness (QED) is 0.178. The molecule has 0 N–H and O–H groups in total. The minimum absolute atomic E-state index is 0.912. The maximum absolute atomic E-state index is 6.81. The number of thiophene rings is 1. The van der Waals surface area contributed by atoms with Gasteiger partial charge in [0, 0.05) is 41.7 Å². The molecule has 0 aliphatic rings. The van der Waals surface area contributed by atoms with Gasteiger partial charge in [-0.25, -0.2) is 0 Å². The summed E-state index contributed by atoms with van der Waals surface area (Å²) in [6, 6.07) is 70.2. The van der Waals surface area contributed by atoms with Crippen LogP contribution in [-0.4, -0.2) is 0 Å². The van der Waals surface area contributed by atoms with E-state index in [2.05, 4.69) is 194 Å². The summed E-state index contributed by atoms with van der Waals surface area (Å²) in [6.07, 6.45) is 0. The summed E-state index contributed by atoms with van der Waals surface area (Å²) in [5, 5.41) is 12.3. The van der Waals surface area contributed by atoms with Gasteiger partial charge in [-0.15, -0.1) is 11.3 Å². The summed E-state index contributed by atoms with van der Waals surface area (Å²) in [4.78, 5) is 0. The Morgan fingerprint density at radius 2 is 0.889 bits per heavy atom. The van der Waals surface area contributed by atoms with Crippen LogP contribution in [0.2, 0.25) is 0 Å². The fourth-order valence-corrected chi connectivity index (χ4v) is 9.68. The molecule has 2 heteroatoms. The van der Waals surface area contributed by atoms with Crippen LogP contribution in [0.5, 0.6) is 0 Å². The van der Waals surface area contributed by atoms with Gasteiger partial charge in [0.15, 0.2) is 0 Å². The van der Waals surface area contributed by atoms with E-state index < -0.39 is 0 Å². The largest absolute Gasteiger partial charge is 0.455 e. The highest BCUT2D eigenvalue weighted by Crippen LogP contribution is 2.47. The molecule has 0 aliphatic heterocycles. The lowest BCUT2D eigenvalue weighted by molar-refractivity contribution is 0.673. The van der Waals surface area contributed by atoms with E-state index in [0.29, 0.717) is 0 Å². The molecule has 0 amide bonds. The van der Waals surface area contributed by atoms with Gasteiger partial charge in [0.1, 0.15) is 11.2 Å². The fraction of sp³-hybridized carbons (Fsp3) is 0. The van der Waals surface area contributed by atoms with E-state index in [9.17, 15) is 0 Å². The summed E-state index contributed by atoms with van der Waals surface area (Å²) in [5.74, 6) is 0. The molecule has 0 bridgehead atoms. The Labute approximate surface area is 316 Å². The van der Waals surface area contributed by atoms with Crippen LogP contribution >= 0.6 is 11.3 Å². The summed E-state index contributed by atoms with van der Waals surface area (Å²) < 4.78 is 9.44. The molecule has 1 nitrogen and oxygen atoms in total. The molecule has 9 aromatic carbocycles. The third-order valence-electron chi connectivity index (χ3n) is 10.9. The van der Waals surface area contributed by atoms with Gasteiger partial charge in [-0.1, -0.05) is 176 Å². The highest BCUT2D eigenvalue weighted by Gasteiger charge is 2.20. The molecule has 2 heterocycles. The van der Waals surface area contributed by atoms with Gasteiger partial charge < -0.3 is 4.42 Å². The van der Waals surface area contributed by atoms with Crippen LogP contribution in [0.15, 0.2) is 199 Å². The number of furan rings is 1. The maximum Gasteiger partial charge on any atom is 0.143 e. The van der Waals surface area contributed by atoms with Gasteiger partial charge in [0.2, 0.25) is 0 Å². The molecule has 0 spiro atoms. The number of fused-ring (bicyclic) bond motifs is 12. The molecule has 2 aromatic heterocycles. The van der Waals surface area contributed by atoms with Crippen LogP contribution < -0.4 is 0 Å². The van der Waals surface area contributed by atoms with Crippen molar-refractivity contribution in [3.8, 4) is 33.4 Å². The van der Waals surface area contributed by atoms with Crippen molar-refractivity contribution < 1.29 is 4.42 Å². The van der Waals surface area contributed by atoms with Crippen molar-refractivity contribution in [2.75, 3.05) is 0 Å². The molecule has 11 rings (SSSR count). The predicted octanol–water partition coefficient (Wildman–Crippen LogP) is 15.5. The number of hydrogen-bond donors (Lipinski definition) is 0. The fourth-order valence-electron chi connectivity index (χ4n) is 8.43. The Balaban J connectivity index is 1.07. The highest BCUT2D eigenvalue weighted by molar-refractivity contribution is 7.27. The van der Waals surface area contributed by atoms with Crippen LogP contribution in [0.1, 0.15) is 0 Å². The van der Waals surface area contributed by atoms with Crippen LogP contribution in [0.4, 0.5) is 0 Å². The average Bonchev–Trinajstić information content (AvgIpc) is 3.81. The average molecular weight is 705 g/mol. The lowest BCUT2D eigenvalue weighted by Gasteiger charge is -2.11. The van der Waals surface area contributed by atoms with Crippen molar-refractivity contribution in [1.82, 2.24) is 0 Å². The molecule has 0 radical (unpaired) electrons. The topological polar surface area (TPSA) is 13.1 Å². The number of rotatable bonds is 3. The SMILES string of the molecule is c1cccc(-c2cccc3ccccc23)c2ccccc2c(-c2ccc(-c3ccc4c(c3)oc3c5ccccc5c5sc6ccccc6c5c43)cc2)cc1. The van der Waals surface area contributed by atoms with Gasteiger partial charge in [-0.05, 0) is 73.1 Å². The second-order valence-corrected chi connectivity index (χ2v) is 15.0. The second kappa shape index (κ2) is 12.4. The lowest BCUT2D eigenvalue weighted by atomic mass is 9.92. The van der Waals surface area contributed by atoms with Crippen LogP contribution in [-0.2, 0) is 0 Å². The predicted molar refractivity (Wildman–Crippen MR) is 233 cm³/mol. The Morgan fingerprint density at radius 1 is 0.333 bits per heavy atom. The van der Waals surface area contributed by atoms with E-state index in [1.54, 1.807) is 0 Å². The third-order valence-corrected chi connectivity index (χ3v) is 12.1. The third kappa shape index (κ3) is 4.85. The summed E-state index contributed by atoms with van der Waals surface area (Å²) in [7, 11) is 0. The van der Waals surface area contributed by atoms with Gasteiger partial charge in [0.25, 0.3) is 0 Å². The van der Waals surface area contributed by atoms with E-state index in [1.165, 1.54) is 74.7 Å². The summed E-state index contributed by atoms with van der Waals surface area (Å²) >= 11 is 1.87. The second-order valence-electron chi connectivity index (χ2n) is 13.9. The van der Waals surface area contributed by atoms with Gasteiger partial charge in [0.05, 0.1) is 0 Å². The molecule has 0 unspecified atom stereocenters. The zero-order chi connectivity index (χ0) is 35.6. The molecule has 0 saturated heterocycles. The van der Waals surface area contributed by atoms with E-state index in [4.69, 9.17) is 4.42 Å². The molecular weight excluding hydrogens is 673 g/mol. The first-order chi connectivity index (χ1) is 26.8. The van der Waals surface area contributed by atoms with Crippen molar-refractivity contribution in [3.05, 3.63) is 194 Å². The van der Waals surface area contributed by atoms with Gasteiger partial charge in [-0.2, -0.15) is 0 Å². The van der Waals surface area contributed by atoms with E-state index in [0.717, 1.165) is 33.1 Å². The van der Waals surface area contributed by atoms with E-state index >= 15 is 0 Å². The van der Waals surface area contributed by atoms with E-state index in [1.807, 2.05) is 11.3 Å². The maximum atomic E-state index is 6.81. The monoisotopic (exact) mass is 704 g/mol. The highest BCUT2D eigenvalue weighted by atomic mass is 32.1. The summed E-state index contributed by atoms with van der Waals surface area (Å²) in [5.41, 5.74) is 8.95. The molecule has 0 atom stereocenters. The Kier molecular flexibility index (Phi) is 7.11. The smallest absolute Gasteiger partial charge is 0.143 e. The number of benzene rings is 8. The van der Waals surface area contributed by atoms with Crippen LogP contribution in [0.3, 0.4) is 0 Å². The minimum atomic E-state index is 0.912. The van der Waals surface area contributed by atoms with Gasteiger partial charge >= 0.3 is 0 Å². The zero-order valence-corrected chi connectivity index (χ0v) is 30.1. The Morgan fingerprint density at radius 3 is 1.70 bits per heavy atom. The van der Waals surface area contributed by atoms with Crippen molar-refractivity contribution in [1.29, 1.82) is 0 Å². The van der Waals surface area contributed by atoms with Crippen molar-refractivity contribution in [3.63, 3.8) is 0 Å². The first-order valence-electron chi connectivity index (χ1n) is 18.4. The molecule has 0 fully saturated rings. The first-order valence-corrected chi connectivity index (χ1v) is 19.2. The van der Waals surface area contributed by atoms with E-state index in [-0.39, 0.29) is 0 Å². The Bertz CT molecular complexity index is 3320. The van der Waals surface area contributed by atoms with Crippen molar-refractivity contribution in [2.45, 2.75) is 0 Å². The molecule has 252 valence electrons. The summed E-state index contributed by atoms with van der Waals surface area (Å²) in [6.45, 7) is 0. The Hall–Kier alpha value is -6.74. The zero-order valence-electron chi connectivity index (χ0n) is 29.3. The normalized spacial score (nSPS) is 11.7. The van der Waals surface area contributed by atoms with Gasteiger partial charge in [-0.3, -0.25) is 0 Å². The van der Waals surface area contributed by atoms with Crippen LogP contribution in [0.25, 0.3) is 108 Å². The molecular formula is C52H32OS. The van der Waals surface area contributed by atoms with Crippen molar-refractivity contribution >= 4 is 85.8 Å². The number of hydrogen-bond acceptors (Lipinski definition) is 2. The lowest BCUT2D eigenvalue weighted by Crippen LogP contribution is -1.85. The van der Waals surface area contributed by atoms with Crippen LogP contribution in [0, 0.1) is 0 Å². The first kappa shape index (κ1) is 30.8. The standard InChI is InChI=1S/C52H32OS/c1-2-4-18-41(40-24-13-15-34-14-5-6-17-37(34)40)42-20-8-7-19-39(42)38(16-3-1)35-28-26-33(27-29-35)36-30-31-45-47(32-36)53-51-43-21-9-10-22-44(43)52-50(49(45)51)46-23-11-12-25-48(46)54-52/h1-32H. The molecule has 0 aliphatic carbocycles. The van der Waals surface area contributed by atoms with Crippen molar-refractivity contribution in [2.24, 2.45) is 0 Å². The minimum Gasteiger partial charge on any atom is -0.455 e. The molecule has 11 aromatic rings. The molecule has 0 saturated carbocycles.